The molecule has 272 valence electrons. The summed E-state index contributed by atoms with van der Waals surface area (Å²) in [7, 11) is 0. The molecule has 2 aromatic heterocycles. The predicted octanol–water partition coefficient (Wildman–Crippen LogP) is 13.2. The lowest BCUT2D eigenvalue weighted by Crippen LogP contribution is -2.22. The van der Waals surface area contributed by atoms with E-state index in [1.807, 2.05) is 60.7 Å². The minimum absolute atomic E-state index is 0.330. The maximum Gasteiger partial charge on any atom is 0.164 e. The molecule has 8 aromatic carbocycles. The van der Waals surface area contributed by atoms with E-state index in [2.05, 4.69) is 146 Å². The highest BCUT2D eigenvalue weighted by Crippen LogP contribution is 2.53. The zero-order valence-corrected chi connectivity index (χ0v) is 31.8. The molecule has 0 N–H and O–H groups in total. The van der Waals surface area contributed by atoms with Gasteiger partial charge in [0.15, 0.2) is 17.5 Å². The molecule has 1 aliphatic carbocycles. The van der Waals surface area contributed by atoms with Crippen LogP contribution >= 0.6 is 0 Å². The monoisotopic (exact) mass is 740 g/mol. The van der Waals surface area contributed by atoms with Crippen LogP contribution in [0.5, 0.6) is 0 Å². The second-order valence-corrected chi connectivity index (χ2v) is 15.2. The van der Waals surface area contributed by atoms with E-state index in [9.17, 15) is 0 Å². The van der Waals surface area contributed by atoms with Crippen LogP contribution in [0.25, 0.3) is 89.4 Å². The van der Waals surface area contributed by atoms with Gasteiger partial charge in [0.25, 0.3) is 0 Å². The normalized spacial score (nSPS) is 14.4. The Bertz CT molecular complexity index is 3120. The van der Waals surface area contributed by atoms with Crippen molar-refractivity contribution in [3.8, 4) is 67.7 Å². The maximum absolute atomic E-state index is 5.37. The Balaban J connectivity index is 1.18. The molecule has 1 atom stereocenters. The zero-order valence-electron chi connectivity index (χ0n) is 31.8. The zero-order chi connectivity index (χ0) is 38.6. The first-order chi connectivity index (χ1) is 28.6. The summed E-state index contributed by atoms with van der Waals surface area (Å²) in [5.74, 6) is 1.85. The molecule has 4 nitrogen and oxygen atoms in total. The number of hydrogen-bond acceptors (Lipinski definition) is 4. The van der Waals surface area contributed by atoms with Crippen LogP contribution in [0.15, 0.2) is 200 Å². The van der Waals surface area contributed by atoms with Gasteiger partial charge in [-0.15, -0.1) is 0 Å². The number of nitrogens with zero attached hydrogens (tertiary/aromatic N) is 4. The summed E-state index contributed by atoms with van der Waals surface area (Å²) in [5, 5.41) is 3.40. The van der Waals surface area contributed by atoms with Gasteiger partial charge in [0.1, 0.15) is 0 Å². The molecular formula is C54H36N4. The van der Waals surface area contributed by atoms with Crippen molar-refractivity contribution in [2.45, 2.75) is 12.3 Å². The first-order valence-electron chi connectivity index (χ1n) is 19.7. The summed E-state index contributed by atoms with van der Waals surface area (Å²) < 4.78 is 0. The predicted molar refractivity (Wildman–Crippen MR) is 237 cm³/mol. The fraction of sp³-hybridized carbons (Fsp3) is 0.0370. The van der Waals surface area contributed by atoms with E-state index in [0.717, 1.165) is 55.4 Å². The van der Waals surface area contributed by atoms with Crippen LogP contribution in [0.3, 0.4) is 0 Å². The van der Waals surface area contributed by atoms with Crippen LogP contribution in [0.2, 0.25) is 0 Å². The minimum Gasteiger partial charge on any atom is -0.247 e. The number of fused-ring (bicyclic) bond motifs is 6. The minimum atomic E-state index is -0.330. The van der Waals surface area contributed by atoms with E-state index in [1.165, 1.54) is 33.2 Å². The third-order valence-electron chi connectivity index (χ3n) is 11.8. The Labute approximate surface area is 337 Å². The lowest BCUT2D eigenvalue weighted by atomic mass is 9.74. The summed E-state index contributed by atoms with van der Waals surface area (Å²) in [6.45, 7) is 2.37. The molecule has 0 saturated heterocycles. The van der Waals surface area contributed by atoms with Gasteiger partial charge in [-0.3, -0.25) is 0 Å². The van der Waals surface area contributed by atoms with Gasteiger partial charge in [-0.2, -0.15) is 0 Å². The summed E-state index contributed by atoms with van der Waals surface area (Å²) in [6, 6.07) is 70.7. The fourth-order valence-electron chi connectivity index (χ4n) is 8.88. The van der Waals surface area contributed by atoms with E-state index in [1.54, 1.807) is 0 Å². The molecule has 1 unspecified atom stereocenters. The maximum atomic E-state index is 5.37. The summed E-state index contributed by atoms with van der Waals surface area (Å²) in [6.07, 6.45) is 0. The van der Waals surface area contributed by atoms with Gasteiger partial charge in [0, 0.05) is 38.4 Å². The average molecular weight is 741 g/mol. The highest BCUT2D eigenvalue weighted by atomic mass is 15.0. The van der Waals surface area contributed by atoms with Crippen molar-refractivity contribution in [1.82, 2.24) is 19.9 Å². The smallest absolute Gasteiger partial charge is 0.164 e. The van der Waals surface area contributed by atoms with Gasteiger partial charge in [0.05, 0.1) is 11.2 Å². The summed E-state index contributed by atoms with van der Waals surface area (Å²) in [4.78, 5) is 20.7. The molecule has 0 radical (unpaired) electrons. The van der Waals surface area contributed by atoms with Crippen LogP contribution < -0.4 is 0 Å². The molecule has 2 heterocycles. The molecule has 4 heteroatoms. The highest BCUT2D eigenvalue weighted by Gasteiger charge is 2.40. The molecule has 0 fully saturated rings. The van der Waals surface area contributed by atoms with Crippen molar-refractivity contribution in [1.29, 1.82) is 0 Å². The van der Waals surface area contributed by atoms with Crippen LogP contribution in [-0.2, 0) is 5.41 Å². The number of pyridine rings is 1. The van der Waals surface area contributed by atoms with Crippen molar-refractivity contribution in [2.75, 3.05) is 0 Å². The Kier molecular flexibility index (Phi) is 7.90. The summed E-state index contributed by atoms with van der Waals surface area (Å²) >= 11 is 0. The van der Waals surface area contributed by atoms with E-state index >= 15 is 0 Å². The van der Waals surface area contributed by atoms with E-state index in [4.69, 9.17) is 19.9 Å². The molecule has 58 heavy (non-hydrogen) atoms. The Morgan fingerprint density at radius 2 is 0.845 bits per heavy atom. The first kappa shape index (κ1) is 33.8. The van der Waals surface area contributed by atoms with E-state index in [0.29, 0.717) is 17.5 Å². The van der Waals surface area contributed by atoms with Crippen LogP contribution in [0, 0.1) is 0 Å². The number of hydrogen-bond donors (Lipinski definition) is 0. The largest absolute Gasteiger partial charge is 0.247 e. The molecule has 11 rings (SSSR count). The molecule has 0 bridgehead atoms. The van der Waals surface area contributed by atoms with Gasteiger partial charge in [-0.1, -0.05) is 170 Å². The fourth-order valence-corrected chi connectivity index (χ4v) is 8.88. The van der Waals surface area contributed by atoms with Crippen LogP contribution in [-0.4, -0.2) is 19.9 Å². The van der Waals surface area contributed by atoms with Crippen molar-refractivity contribution < 1.29 is 0 Å². The molecular weight excluding hydrogens is 705 g/mol. The highest BCUT2D eigenvalue weighted by molar-refractivity contribution is 6.11. The molecule has 10 aromatic rings. The van der Waals surface area contributed by atoms with Gasteiger partial charge < -0.3 is 0 Å². The van der Waals surface area contributed by atoms with Crippen molar-refractivity contribution in [3.63, 3.8) is 0 Å². The summed E-state index contributed by atoms with van der Waals surface area (Å²) in [5.41, 5.74) is 13.9. The first-order valence-corrected chi connectivity index (χ1v) is 19.7. The van der Waals surface area contributed by atoms with Crippen molar-refractivity contribution in [2.24, 2.45) is 0 Å². The second-order valence-electron chi connectivity index (χ2n) is 15.2. The quantitative estimate of drug-likeness (QED) is 0.159. The van der Waals surface area contributed by atoms with Crippen molar-refractivity contribution >= 4 is 21.7 Å². The van der Waals surface area contributed by atoms with Crippen molar-refractivity contribution in [3.05, 3.63) is 217 Å². The molecule has 0 amide bonds. The number of aromatic nitrogens is 4. The number of benzene rings is 8. The lowest BCUT2D eigenvalue weighted by Gasteiger charge is -2.28. The lowest BCUT2D eigenvalue weighted by molar-refractivity contribution is 0.714. The van der Waals surface area contributed by atoms with E-state index < -0.39 is 0 Å². The van der Waals surface area contributed by atoms with Gasteiger partial charge in [-0.05, 0) is 81.6 Å². The molecule has 0 saturated carbocycles. The second kappa shape index (κ2) is 13.6. The standard InChI is InChI=1S/C54H36N4/c1-54(41-21-9-4-10-22-41)47-27-15-13-24-43(47)44-30-29-37(34-48(44)54)38-31-39(50-46-26-12-11-23-42(46)45-25-14-16-28-49(45)55-50)33-40(32-38)53-57-51(35-17-5-2-6-18-35)56-52(58-53)36-19-7-3-8-20-36/h2-34H,1H3. The van der Waals surface area contributed by atoms with Gasteiger partial charge in [-0.25, -0.2) is 19.9 Å². The third-order valence-corrected chi connectivity index (χ3v) is 11.8. The SMILES string of the molecule is CC1(c2ccccc2)c2ccccc2-c2ccc(-c3cc(-c4nc(-c5ccccc5)nc(-c5ccccc5)n4)cc(-c4nc5ccccc5c5ccccc45)c3)cc21. The average Bonchev–Trinajstić information content (AvgIpc) is 3.57. The topological polar surface area (TPSA) is 51.6 Å². The number of rotatable bonds is 6. The Hall–Kier alpha value is -7.56. The number of para-hydroxylation sites is 1. The van der Waals surface area contributed by atoms with E-state index in [-0.39, 0.29) is 5.41 Å². The molecule has 0 spiro atoms. The van der Waals surface area contributed by atoms with Gasteiger partial charge in [0.2, 0.25) is 0 Å². The molecule has 1 aliphatic rings. The van der Waals surface area contributed by atoms with Crippen LogP contribution in [0.1, 0.15) is 23.6 Å². The van der Waals surface area contributed by atoms with Crippen LogP contribution in [0.4, 0.5) is 0 Å². The Morgan fingerprint density at radius 1 is 0.328 bits per heavy atom. The molecule has 0 aliphatic heterocycles. The Morgan fingerprint density at radius 3 is 1.55 bits per heavy atom. The third kappa shape index (κ3) is 5.53. The van der Waals surface area contributed by atoms with Gasteiger partial charge >= 0.3 is 0 Å².